The minimum Gasteiger partial charge on any atom is -0.487 e. The molecule has 1 atom stereocenters. The minimum atomic E-state index is -0.156. The normalized spacial score (nSPS) is 21.8. The van der Waals surface area contributed by atoms with Gasteiger partial charge in [0.25, 0.3) is 0 Å². The first-order chi connectivity index (χ1) is 8.05. The van der Waals surface area contributed by atoms with Gasteiger partial charge < -0.3 is 9.57 Å². The number of hydrogen-bond acceptors (Lipinski definition) is 3. The predicted octanol–water partition coefficient (Wildman–Crippen LogP) is 3.00. The zero-order valence-corrected chi connectivity index (χ0v) is 11.0. The fourth-order valence-corrected chi connectivity index (χ4v) is 2.37. The molecular formula is C14H21NO2. The van der Waals surface area contributed by atoms with E-state index < -0.39 is 0 Å². The number of ether oxygens (including phenoxy) is 1. The molecule has 0 radical (unpaired) electrons. The molecule has 1 aliphatic rings. The Hall–Kier alpha value is -1.06. The summed E-state index contributed by atoms with van der Waals surface area (Å²) in [5.41, 5.74) is 5.44. The third-order valence-corrected chi connectivity index (χ3v) is 3.20. The Morgan fingerprint density at radius 1 is 1.47 bits per heavy atom. The molecule has 1 aromatic rings. The number of benzene rings is 1. The van der Waals surface area contributed by atoms with Crippen LogP contribution >= 0.6 is 0 Å². The number of nitrogens with one attached hydrogen (secondary N) is 1. The van der Waals surface area contributed by atoms with Crippen molar-refractivity contribution >= 4 is 0 Å². The summed E-state index contributed by atoms with van der Waals surface area (Å²) in [7, 11) is 1.66. The number of hydroxylamine groups is 1. The second kappa shape index (κ2) is 4.67. The molecule has 17 heavy (non-hydrogen) atoms. The van der Waals surface area contributed by atoms with Gasteiger partial charge in [-0.05, 0) is 31.9 Å². The van der Waals surface area contributed by atoms with Gasteiger partial charge in [0, 0.05) is 12.0 Å². The molecule has 1 aliphatic heterocycles. The van der Waals surface area contributed by atoms with E-state index in [0.29, 0.717) is 0 Å². The SMILES string of the molecule is CCc1ccc2c(c1)C(NOC)CC(C)(C)O2. The first-order valence-electron chi connectivity index (χ1n) is 6.16. The Bertz CT molecular complexity index is 401. The molecule has 0 amide bonds. The van der Waals surface area contributed by atoms with Crippen LogP contribution in [0.15, 0.2) is 18.2 Å². The summed E-state index contributed by atoms with van der Waals surface area (Å²) in [6, 6.07) is 6.61. The largest absolute Gasteiger partial charge is 0.487 e. The van der Waals surface area contributed by atoms with Crippen molar-refractivity contribution < 1.29 is 9.57 Å². The third kappa shape index (κ3) is 2.61. The van der Waals surface area contributed by atoms with Crippen LogP contribution in [0.5, 0.6) is 5.75 Å². The van der Waals surface area contributed by atoms with Gasteiger partial charge in [-0.2, -0.15) is 5.48 Å². The van der Waals surface area contributed by atoms with Crippen LogP contribution in [-0.4, -0.2) is 12.7 Å². The van der Waals surface area contributed by atoms with Gasteiger partial charge in [-0.3, -0.25) is 0 Å². The van der Waals surface area contributed by atoms with Gasteiger partial charge in [0.1, 0.15) is 11.4 Å². The van der Waals surface area contributed by atoms with Crippen LogP contribution in [0.1, 0.15) is 44.4 Å². The average molecular weight is 235 g/mol. The molecule has 1 unspecified atom stereocenters. The highest BCUT2D eigenvalue weighted by Crippen LogP contribution is 2.39. The van der Waals surface area contributed by atoms with E-state index in [1.165, 1.54) is 11.1 Å². The van der Waals surface area contributed by atoms with Crippen LogP contribution in [0.3, 0.4) is 0 Å². The Morgan fingerprint density at radius 3 is 2.88 bits per heavy atom. The topological polar surface area (TPSA) is 30.5 Å². The van der Waals surface area contributed by atoms with Crippen molar-refractivity contribution in [3.63, 3.8) is 0 Å². The number of rotatable bonds is 3. The van der Waals surface area contributed by atoms with Crippen molar-refractivity contribution in [3.8, 4) is 5.75 Å². The monoisotopic (exact) mass is 235 g/mol. The fraction of sp³-hybridized carbons (Fsp3) is 0.571. The molecular weight excluding hydrogens is 214 g/mol. The average Bonchev–Trinajstić information content (AvgIpc) is 2.27. The van der Waals surface area contributed by atoms with Crippen LogP contribution in [0.4, 0.5) is 0 Å². The Morgan fingerprint density at radius 2 is 2.24 bits per heavy atom. The number of aryl methyl sites for hydroxylation is 1. The molecule has 0 aliphatic carbocycles. The van der Waals surface area contributed by atoms with Crippen LogP contribution < -0.4 is 10.2 Å². The highest BCUT2D eigenvalue weighted by Gasteiger charge is 2.33. The lowest BCUT2D eigenvalue weighted by atomic mass is 9.89. The second-order valence-electron chi connectivity index (χ2n) is 5.17. The zero-order valence-electron chi connectivity index (χ0n) is 11.0. The summed E-state index contributed by atoms with van der Waals surface area (Å²) in [5.74, 6) is 0.966. The van der Waals surface area contributed by atoms with E-state index in [0.717, 1.165) is 18.6 Å². The molecule has 0 aromatic heterocycles. The van der Waals surface area contributed by atoms with E-state index in [-0.39, 0.29) is 11.6 Å². The molecule has 0 fully saturated rings. The Labute approximate surface area is 103 Å². The maximum absolute atomic E-state index is 6.00. The summed E-state index contributed by atoms with van der Waals surface area (Å²) >= 11 is 0. The van der Waals surface area contributed by atoms with E-state index in [4.69, 9.17) is 9.57 Å². The Balaban J connectivity index is 2.38. The molecule has 3 nitrogen and oxygen atoms in total. The van der Waals surface area contributed by atoms with Crippen molar-refractivity contribution in [1.29, 1.82) is 0 Å². The quantitative estimate of drug-likeness (QED) is 0.817. The van der Waals surface area contributed by atoms with Gasteiger partial charge in [-0.15, -0.1) is 0 Å². The lowest BCUT2D eigenvalue weighted by Gasteiger charge is -2.37. The molecule has 1 aromatic carbocycles. The minimum absolute atomic E-state index is 0.156. The summed E-state index contributed by atoms with van der Waals surface area (Å²) in [4.78, 5) is 5.10. The first kappa shape index (κ1) is 12.4. The zero-order chi connectivity index (χ0) is 12.5. The molecule has 0 saturated heterocycles. The van der Waals surface area contributed by atoms with Crippen molar-refractivity contribution in [2.45, 2.75) is 45.3 Å². The van der Waals surface area contributed by atoms with Crippen molar-refractivity contribution in [3.05, 3.63) is 29.3 Å². The lowest BCUT2D eigenvalue weighted by molar-refractivity contribution is 0.00294. The van der Waals surface area contributed by atoms with Gasteiger partial charge in [0.2, 0.25) is 0 Å². The summed E-state index contributed by atoms with van der Waals surface area (Å²) in [5, 5.41) is 0. The molecule has 1 N–H and O–H groups in total. The standard InChI is InChI=1S/C14H21NO2/c1-5-10-6-7-13-11(8-10)12(15-16-4)9-14(2,3)17-13/h6-8,12,15H,5,9H2,1-4H3. The molecule has 2 rings (SSSR count). The van der Waals surface area contributed by atoms with Gasteiger partial charge in [-0.25, -0.2) is 0 Å². The smallest absolute Gasteiger partial charge is 0.124 e. The maximum Gasteiger partial charge on any atom is 0.124 e. The molecule has 0 bridgehead atoms. The summed E-state index contributed by atoms with van der Waals surface area (Å²) in [6.45, 7) is 6.37. The summed E-state index contributed by atoms with van der Waals surface area (Å²) < 4.78 is 6.00. The highest BCUT2D eigenvalue weighted by atomic mass is 16.6. The maximum atomic E-state index is 6.00. The van der Waals surface area contributed by atoms with Gasteiger partial charge in [-0.1, -0.05) is 19.1 Å². The van der Waals surface area contributed by atoms with Crippen molar-refractivity contribution in [2.75, 3.05) is 7.11 Å². The predicted molar refractivity (Wildman–Crippen MR) is 68.0 cm³/mol. The Kier molecular flexibility index (Phi) is 3.40. The van der Waals surface area contributed by atoms with E-state index in [9.17, 15) is 0 Å². The van der Waals surface area contributed by atoms with Crippen LogP contribution in [0.25, 0.3) is 0 Å². The van der Waals surface area contributed by atoms with Crippen molar-refractivity contribution in [2.24, 2.45) is 0 Å². The molecule has 0 spiro atoms. The van der Waals surface area contributed by atoms with Gasteiger partial charge >= 0.3 is 0 Å². The van der Waals surface area contributed by atoms with E-state index in [1.807, 2.05) is 0 Å². The lowest BCUT2D eigenvalue weighted by Crippen LogP contribution is -2.39. The number of hydrogen-bond donors (Lipinski definition) is 1. The summed E-state index contributed by atoms with van der Waals surface area (Å²) in [6.07, 6.45) is 1.94. The molecule has 0 saturated carbocycles. The first-order valence-corrected chi connectivity index (χ1v) is 6.16. The van der Waals surface area contributed by atoms with Gasteiger partial charge in [0.15, 0.2) is 0 Å². The second-order valence-corrected chi connectivity index (χ2v) is 5.17. The highest BCUT2D eigenvalue weighted by molar-refractivity contribution is 5.41. The van der Waals surface area contributed by atoms with Crippen LogP contribution in [0.2, 0.25) is 0 Å². The third-order valence-electron chi connectivity index (χ3n) is 3.20. The molecule has 94 valence electrons. The van der Waals surface area contributed by atoms with Crippen LogP contribution in [0, 0.1) is 0 Å². The van der Waals surface area contributed by atoms with E-state index in [1.54, 1.807) is 7.11 Å². The van der Waals surface area contributed by atoms with E-state index in [2.05, 4.69) is 44.5 Å². The fourth-order valence-electron chi connectivity index (χ4n) is 2.37. The van der Waals surface area contributed by atoms with E-state index >= 15 is 0 Å². The van der Waals surface area contributed by atoms with Crippen LogP contribution in [-0.2, 0) is 11.3 Å². The van der Waals surface area contributed by atoms with Gasteiger partial charge in [0.05, 0.1) is 13.2 Å². The number of fused-ring (bicyclic) bond motifs is 1. The molecule has 3 heteroatoms. The molecule has 1 heterocycles. The van der Waals surface area contributed by atoms with Crippen molar-refractivity contribution in [1.82, 2.24) is 5.48 Å².